The van der Waals surface area contributed by atoms with Crippen molar-refractivity contribution in [2.24, 2.45) is 13.0 Å². The summed E-state index contributed by atoms with van der Waals surface area (Å²) in [6.07, 6.45) is 7.52. The van der Waals surface area contributed by atoms with Crippen LogP contribution in [0.25, 0.3) is 11.0 Å². The molecule has 1 aliphatic rings. The van der Waals surface area contributed by atoms with Crippen molar-refractivity contribution in [3.63, 3.8) is 0 Å². The second-order valence-corrected chi connectivity index (χ2v) is 5.97. The van der Waals surface area contributed by atoms with E-state index in [-0.39, 0.29) is 12.1 Å². The summed E-state index contributed by atoms with van der Waals surface area (Å²) in [5.74, 6) is 1.51. The summed E-state index contributed by atoms with van der Waals surface area (Å²) >= 11 is 0. The summed E-state index contributed by atoms with van der Waals surface area (Å²) in [6, 6.07) is 0. The lowest BCUT2D eigenvalue weighted by Gasteiger charge is -2.39. The Morgan fingerprint density at radius 3 is 2.85 bits per heavy atom. The van der Waals surface area contributed by atoms with E-state index in [4.69, 9.17) is 0 Å². The van der Waals surface area contributed by atoms with Gasteiger partial charge >= 0.3 is 0 Å². The Kier molecular flexibility index (Phi) is 3.33. The highest BCUT2D eigenvalue weighted by molar-refractivity contribution is 5.86. The van der Waals surface area contributed by atoms with Gasteiger partial charge in [0.2, 0.25) is 0 Å². The van der Waals surface area contributed by atoms with Crippen LogP contribution in [-0.4, -0.2) is 37.0 Å². The fourth-order valence-electron chi connectivity index (χ4n) is 2.95. The fraction of sp³-hybridized carbons (Fsp3) is 0.643. The average Bonchev–Trinajstić information content (AvgIpc) is 2.85. The molecule has 2 aromatic heterocycles. The molecule has 6 heteroatoms. The molecule has 1 saturated carbocycles. The Hall–Kier alpha value is -1.69. The highest BCUT2D eigenvalue weighted by Crippen LogP contribution is 2.35. The first kappa shape index (κ1) is 13.3. The highest BCUT2D eigenvalue weighted by Gasteiger charge is 2.34. The molecule has 108 valence electrons. The van der Waals surface area contributed by atoms with Crippen LogP contribution < -0.4 is 5.32 Å². The summed E-state index contributed by atoms with van der Waals surface area (Å²) in [7, 11) is 1.86. The summed E-state index contributed by atoms with van der Waals surface area (Å²) in [6.45, 7) is 2.40. The molecule has 3 rings (SSSR count). The van der Waals surface area contributed by atoms with Crippen molar-refractivity contribution in [3.8, 4) is 0 Å². The number of hydrogen-bond donors (Lipinski definition) is 2. The van der Waals surface area contributed by atoms with Gasteiger partial charge in [-0.15, -0.1) is 0 Å². The van der Waals surface area contributed by atoms with Crippen LogP contribution in [0.3, 0.4) is 0 Å². The van der Waals surface area contributed by atoms with E-state index >= 15 is 0 Å². The van der Waals surface area contributed by atoms with Crippen molar-refractivity contribution in [3.05, 3.63) is 12.5 Å². The molecular formula is C14H21N5O. The minimum absolute atomic E-state index is 0.130. The molecule has 0 amide bonds. The van der Waals surface area contributed by atoms with E-state index in [1.807, 2.05) is 7.05 Å². The maximum absolute atomic E-state index is 9.84. The molecule has 1 fully saturated rings. The molecule has 0 atom stereocenters. The Morgan fingerprint density at radius 1 is 1.40 bits per heavy atom. The third kappa shape index (κ3) is 2.24. The number of rotatable bonds is 3. The van der Waals surface area contributed by atoms with E-state index in [9.17, 15) is 5.11 Å². The molecule has 0 aliphatic heterocycles. The zero-order chi connectivity index (χ0) is 14.2. The first-order chi connectivity index (χ1) is 9.63. The Labute approximate surface area is 118 Å². The molecule has 0 radical (unpaired) electrons. The third-order valence-corrected chi connectivity index (χ3v) is 4.45. The van der Waals surface area contributed by atoms with Gasteiger partial charge in [0.25, 0.3) is 0 Å². The van der Waals surface area contributed by atoms with Crippen LogP contribution in [0.2, 0.25) is 0 Å². The van der Waals surface area contributed by atoms with Crippen LogP contribution >= 0.6 is 0 Å². The van der Waals surface area contributed by atoms with Gasteiger partial charge in [-0.2, -0.15) is 5.10 Å². The van der Waals surface area contributed by atoms with Crippen molar-refractivity contribution in [2.75, 3.05) is 11.9 Å². The van der Waals surface area contributed by atoms with Gasteiger partial charge < -0.3 is 10.4 Å². The van der Waals surface area contributed by atoms with Crippen molar-refractivity contribution in [1.29, 1.82) is 0 Å². The molecule has 2 aromatic rings. The van der Waals surface area contributed by atoms with Crippen LogP contribution in [0, 0.1) is 5.92 Å². The third-order valence-electron chi connectivity index (χ3n) is 4.45. The van der Waals surface area contributed by atoms with Crippen LogP contribution in [0.15, 0.2) is 12.5 Å². The molecule has 1 aliphatic carbocycles. The number of aryl methyl sites for hydroxylation is 1. The number of hydrogen-bond acceptors (Lipinski definition) is 5. The number of aliphatic hydroxyl groups is 1. The molecule has 2 heterocycles. The molecule has 0 bridgehead atoms. The van der Waals surface area contributed by atoms with Crippen molar-refractivity contribution in [1.82, 2.24) is 19.7 Å². The van der Waals surface area contributed by atoms with Gasteiger partial charge in [0.15, 0.2) is 5.65 Å². The van der Waals surface area contributed by atoms with Gasteiger partial charge in [-0.3, -0.25) is 4.68 Å². The van der Waals surface area contributed by atoms with Gasteiger partial charge in [0.05, 0.1) is 23.7 Å². The zero-order valence-corrected chi connectivity index (χ0v) is 12.0. The van der Waals surface area contributed by atoms with Gasteiger partial charge in [-0.25, -0.2) is 9.97 Å². The number of aromatic nitrogens is 4. The Balaban J connectivity index is 1.91. The number of nitrogens with one attached hydrogen (secondary N) is 1. The Morgan fingerprint density at radius 2 is 2.15 bits per heavy atom. The molecule has 6 nitrogen and oxygen atoms in total. The number of fused-ring (bicyclic) bond motifs is 1. The Bertz CT molecular complexity index is 601. The maximum Gasteiger partial charge on any atom is 0.163 e. The van der Waals surface area contributed by atoms with Gasteiger partial charge in [-0.05, 0) is 31.6 Å². The standard InChI is InChI=1S/C14H21N5O/c1-10-3-5-14(8-20,6-4-10)18-12-11-7-17-19(2)13(11)16-9-15-12/h7,9-10,20H,3-6,8H2,1-2H3,(H,15,16,18). The minimum atomic E-state index is -0.260. The molecule has 0 aromatic carbocycles. The molecule has 20 heavy (non-hydrogen) atoms. The predicted molar refractivity (Wildman–Crippen MR) is 77.4 cm³/mol. The van der Waals surface area contributed by atoms with Crippen LogP contribution in [0.5, 0.6) is 0 Å². The van der Waals surface area contributed by atoms with E-state index in [2.05, 4.69) is 27.3 Å². The maximum atomic E-state index is 9.84. The summed E-state index contributed by atoms with van der Waals surface area (Å²) in [5, 5.41) is 18.4. The van der Waals surface area contributed by atoms with E-state index < -0.39 is 0 Å². The van der Waals surface area contributed by atoms with Gasteiger partial charge in [0, 0.05) is 7.05 Å². The molecule has 0 unspecified atom stereocenters. The number of aliphatic hydroxyl groups excluding tert-OH is 1. The number of anilines is 1. The lowest BCUT2D eigenvalue weighted by atomic mass is 9.77. The SMILES string of the molecule is CC1CCC(CO)(Nc2ncnc3c2cnn3C)CC1. The average molecular weight is 275 g/mol. The first-order valence-electron chi connectivity index (χ1n) is 7.15. The monoisotopic (exact) mass is 275 g/mol. The lowest BCUT2D eigenvalue weighted by molar-refractivity contribution is 0.155. The largest absolute Gasteiger partial charge is 0.394 e. The summed E-state index contributed by atoms with van der Waals surface area (Å²) in [4.78, 5) is 8.58. The van der Waals surface area contributed by atoms with E-state index in [1.165, 1.54) is 0 Å². The van der Waals surface area contributed by atoms with Crippen molar-refractivity contribution < 1.29 is 5.11 Å². The van der Waals surface area contributed by atoms with Gasteiger partial charge in [0.1, 0.15) is 12.1 Å². The zero-order valence-electron chi connectivity index (χ0n) is 12.0. The molecule has 2 N–H and O–H groups in total. The smallest absolute Gasteiger partial charge is 0.163 e. The normalized spacial score (nSPS) is 26.9. The van der Waals surface area contributed by atoms with Crippen LogP contribution in [0.4, 0.5) is 5.82 Å². The van der Waals surface area contributed by atoms with Crippen molar-refractivity contribution >= 4 is 16.9 Å². The van der Waals surface area contributed by atoms with E-state index in [0.29, 0.717) is 0 Å². The lowest BCUT2D eigenvalue weighted by Crippen LogP contribution is -2.45. The number of nitrogens with zero attached hydrogens (tertiary/aromatic N) is 4. The van der Waals surface area contributed by atoms with Crippen LogP contribution in [0.1, 0.15) is 32.6 Å². The van der Waals surface area contributed by atoms with Gasteiger partial charge in [-0.1, -0.05) is 6.92 Å². The molecular weight excluding hydrogens is 254 g/mol. The van der Waals surface area contributed by atoms with Crippen LogP contribution in [-0.2, 0) is 7.05 Å². The second-order valence-electron chi connectivity index (χ2n) is 5.97. The molecule has 0 spiro atoms. The fourth-order valence-corrected chi connectivity index (χ4v) is 2.95. The van der Waals surface area contributed by atoms with Crippen molar-refractivity contribution in [2.45, 2.75) is 38.1 Å². The quantitative estimate of drug-likeness (QED) is 0.892. The highest BCUT2D eigenvalue weighted by atomic mass is 16.3. The first-order valence-corrected chi connectivity index (χ1v) is 7.15. The molecule has 0 saturated heterocycles. The van der Waals surface area contributed by atoms with E-state index in [1.54, 1.807) is 17.2 Å². The summed E-state index contributed by atoms with van der Waals surface area (Å²) in [5.41, 5.74) is 0.545. The predicted octanol–water partition coefficient (Wildman–Crippen LogP) is 1.72. The minimum Gasteiger partial charge on any atom is -0.394 e. The summed E-state index contributed by atoms with van der Waals surface area (Å²) < 4.78 is 1.73. The second kappa shape index (κ2) is 5.01. The van der Waals surface area contributed by atoms with E-state index in [0.717, 1.165) is 48.5 Å². The topological polar surface area (TPSA) is 75.9 Å².